The van der Waals surface area contributed by atoms with E-state index < -0.39 is 22.8 Å². The van der Waals surface area contributed by atoms with Crippen molar-refractivity contribution in [1.82, 2.24) is 10.6 Å². The molecule has 0 unspecified atom stereocenters. The number of nitrogens with one attached hydrogen (secondary N) is 2. The second kappa shape index (κ2) is 7.10. The Labute approximate surface area is 137 Å². The minimum atomic E-state index is -1.04. The highest BCUT2D eigenvalue weighted by Crippen LogP contribution is 2.43. The quantitative estimate of drug-likeness (QED) is 0.563. The first kappa shape index (κ1) is 17.4. The lowest BCUT2D eigenvalue weighted by Gasteiger charge is -2.51. The molecule has 0 saturated carbocycles. The summed E-state index contributed by atoms with van der Waals surface area (Å²) >= 11 is 0. The molecule has 2 amide bonds. The lowest BCUT2D eigenvalue weighted by Crippen LogP contribution is -2.67. The van der Waals surface area contributed by atoms with Gasteiger partial charge in [-0.05, 0) is 45.0 Å². The Kier molecular flexibility index (Phi) is 5.38. The van der Waals surface area contributed by atoms with Crippen LogP contribution in [0.3, 0.4) is 0 Å². The predicted molar refractivity (Wildman–Crippen MR) is 89.5 cm³/mol. The lowest BCUT2D eigenvalue weighted by molar-refractivity contribution is -0.140. The number of primary amides is 2. The van der Waals surface area contributed by atoms with Crippen LogP contribution in [0.25, 0.3) is 0 Å². The van der Waals surface area contributed by atoms with Gasteiger partial charge in [-0.25, -0.2) is 0 Å². The van der Waals surface area contributed by atoms with E-state index >= 15 is 0 Å². The SMILES string of the molecule is CNC1([C@](CC(N)=O)(Cc2ccccc2)C(N)=O)CCNCC1. The van der Waals surface area contributed by atoms with Gasteiger partial charge >= 0.3 is 0 Å². The molecule has 0 aliphatic carbocycles. The van der Waals surface area contributed by atoms with Gasteiger partial charge in [-0.3, -0.25) is 9.59 Å². The van der Waals surface area contributed by atoms with Crippen LogP contribution in [0.4, 0.5) is 0 Å². The molecule has 23 heavy (non-hydrogen) atoms. The summed E-state index contributed by atoms with van der Waals surface area (Å²) < 4.78 is 0. The number of hydrogen-bond donors (Lipinski definition) is 4. The van der Waals surface area contributed by atoms with Crippen molar-refractivity contribution in [2.24, 2.45) is 16.9 Å². The summed E-state index contributed by atoms with van der Waals surface area (Å²) in [5.41, 5.74) is 10.7. The van der Waals surface area contributed by atoms with Crippen LogP contribution >= 0.6 is 0 Å². The fraction of sp³-hybridized carbons (Fsp3) is 0.529. The molecule has 1 aromatic rings. The Morgan fingerprint density at radius 3 is 2.30 bits per heavy atom. The molecule has 1 fully saturated rings. The summed E-state index contributed by atoms with van der Waals surface area (Å²) in [5.74, 6) is -0.982. The number of rotatable bonds is 7. The fourth-order valence-corrected chi connectivity index (χ4v) is 3.87. The number of carbonyl (C=O) groups is 2. The van der Waals surface area contributed by atoms with Gasteiger partial charge < -0.3 is 22.1 Å². The summed E-state index contributed by atoms with van der Waals surface area (Å²) in [6.45, 7) is 1.53. The molecule has 1 aliphatic heterocycles. The van der Waals surface area contributed by atoms with Crippen molar-refractivity contribution in [3.8, 4) is 0 Å². The van der Waals surface area contributed by atoms with Crippen molar-refractivity contribution in [3.63, 3.8) is 0 Å². The van der Waals surface area contributed by atoms with Crippen molar-refractivity contribution < 1.29 is 9.59 Å². The van der Waals surface area contributed by atoms with Crippen molar-refractivity contribution >= 4 is 11.8 Å². The normalized spacial score (nSPS) is 19.7. The number of hydrogen-bond acceptors (Lipinski definition) is 4. The third-order valence-corrected chi connectivity index (χ3v) is 5.15. The van der Waals surface area contributed by atoms with E-state index in [9.17, 15) is 9.59 Å². The Morgan fingerprint density at radius 2 is 1.83 bits per heavy atom. The first-order valence-electron chi connectivity index (χ1n) is 7.97. The Bertz CT molecular complexity index is 555. The molecule has 1 heterocycles. The van der Waals surface area contributed by atoms with E-state index in [0.29, 0.717) is 19.3 Å². The zero-order chi connectivity index (χ0) is 16.9. The number of carbonyl (C=O) groups excluding carboxylic acids is 2. The third-order valence-electron chi connectivity index (χ3n) is 5.15. The van der Waals surface area contributed by atoms with Crippen LogP contribution in [-0.4, -0.2) is 37.5 Å². The van der Waals surface area contributed by atoms with E-state index in [-0.39, 0.29) is 6.42 Å². The summed E-state index contributed by atoms with van der Waals surface area (Å²) in [6, 6.07) is 9.65. The zero-order valence-electron chi connectivity index (χ0n) is 13.6. The molecular weight excluding hydrogens is 292 g/mol. The van der Waals surface area contributed by atoms with E-state index in [2.05, 4.69) is 10.6 Å². The van der Waals surface area contributed by atoms with Crippen LogP contribution in [0, 0.1) is 5.41 Å². The molecule has 1 atom stereocenters. The van der Waals surface area contributed by atoms with E-state index in [1.165, 1.54) is 0 Å². The van der Waals surface area contributed by atoms with Crippen LogP contribution in [-0.2, 0) is 16.0 Å². The summed E-state index contributed by atoms with van der Waals surface area (Å²) in [6.07, 6.45) is 1.77. The highest BCUT2D eigenvalue weighted by Gasteiger charge is 2.55. The molecule has 0 radical (unpaired) electrons. The van der Waals surface area contributed by atoms with Crippen molar-refractivity contribution in [1.29, 1.82) is 0 Å². The van der Waals surface area contributed by atoms with Crippen molar-refractivity contribution in [3.05, 3.63) is 35.9 Å². The van der Waals surface area contributed by atoms with Gasteiger partial charge in [0.1, 0.15) is 0 Å². The highest BCUT2D eigenvalue weighted by molar-refractivity contribution is 5.89. The monoisotopic (exact) mass is 318 g/mol. The van der Waals surface area contributed by atoms with Gasteiger partial charge in [0, 0.05) is 12.0 Å². The van der Waals surface area contributed by atoms with E-state index in [1.54, 1.807) is 0 Å². The molecule has 126 valence electrons. The molecule has 1 aliphatic rings. The molecule has 6 nitrogen and oxygen atoms in total. The predicted octanol–water partition coefficient (Wildman–Crippen LogP) is -0.0822. The van der Waals surface area contributed by atoms with Gasteiger partial charge in [0.25, 0.3) is 0 Å². The summed E-state index contributed by atoms with van der Waals surface area (Å²) in [4.78, 5) is 24.4. The van der Waals surface area contributed by atoms with Gasteiger partial charge in [-0.15, -0.1) is 0 Å². The number of nitrogens with two attached hydrogens (primary N) is 2. The molecule has 1 saturated heterocycles. The van der Waals surface area contributed by atoms with Gasteiger partial charge in [0.05, 0.1) is 5.41 Å². The Morgan fingerprint density at radius 1 is 1.22 bits per heavy atom. The van der Waals surface area contributed by atoms with E-state index in [4.69, 9.17) is 11.5 Å². The molecule has 6 heteroatoms. The minimum absolute atomic E-state index is 0.0575. The van der Waals surface area contributed by atoms with Crippen molar-refractivity contribution in [2.75, 3.05) is 20.1 Å². The minimum Gasteiger partial charge on any atom is -0.370 e. The van der Waals surface area contributed by atoms with Crippen LogP contribution in [0.1, 0.15) is 24.8 Å². The molecular formula is C17H26N4O2. The van der Waals surface area contributed by atoms with Crippen LogP contribution in [0.2, 0.25) is 0 Å². The summed E-state index contributed by atoms with van der Waals surface area (Å²) in [7, 11) is 1.83. The molecule has 0 bridgehead atoms. The first-order chi connectivity index (χ1) is 11.0. The fourth-order valence-electron chi connectivity index (χ4n) is 3.87. The standard InChI is InChI=1S/C17H26N4O2/c1-20-17(7-9-21-10-8-17)16(15(19)23,12-14(18)22)11-13-5-3-2-4-6-13/h2-6,20-21H,7-12H2,1H3,(H2,18,22)(H2,19,23)/t16-/m0/s1. The van der Waals surface area contributed by atoms with Crippen LogP contribution in [0.5, 0.6) is 0 Å². The van der Waals surface area contributed by atoms with Crippen LogP contribution in [0.15, 0.2) is 30.3 Å². The maximum atomic E-state index is 12.6. The van der Waals surface area contributed by atoms with E-state index in [1.807, 2.05) is 37.4 Å². The number of benzene rings is 1. The molecule has 0 spiro atoms. The molecule has 2 rings (SSSR count). The summed E-state index contributed by atoms with van der Waals surface area (Å²) in [5, 5.41) is 6.61. The van der Waals surface area contributed by atoms with Gasteiger partial charge in [0.2, 0.25) is 11.8 Å². The molecule has 6 N–H and O–H groups in total. The number of amides is 2. The van der Waals surface area contributed by atoms with Gasteiger partial charge in [0.15, 0.2) is 0 Å². The van der Waals surface area contributed by atoms with Gasteiger partial charge in [-0.1, -0.05) is 30.3 Å². The lowest BCUT2D eigenvalue weighted by atomic mass is 9.59. The average Bonchev–Trinajstić information content (AvgIpc) is 2.55. The zero-order valence-corrected chi connectivity index (χ0v) is 13.6. The third kappa shape index (κ3) is 3.38. The van der Waals surface area contributed by atoms with Gasteiger partial charge in [-0.2, -0.15) is 0 Å². The smallest absolute Gasteiger partial charge is 0.226 e. The molecule has 1 aromatic carbocycles. The average molecular weight is 318 g/mol. The largest absolute Gasteiger partial charge is 0.370 e. The first-order valence-corrected chi connectivity index (χ1v) is 7.97. The topological polar surface area (TPSA) is 110 Å². The maximum Gasteiger partial charge on any atom is 0.226 e. The van der Waals surface area contributed by atoms with Crippen LogP contribution < -0.4 is 22.1 Å². The maximum absolute atomic E-state index is 12.6. The number of piperidine rings is 1. The second-order valence-corrected chi connectivity index (χ2v) is 6.33. The highest BCUT2D eigenvalue weighted by atomic mass is 16.2. The Hall–Kier alpha value is -1.92. The molecule has 0 aromatic heterocycles. The van der Waals surface area contributed by atoms with Crippen molar-refractivity contribution in [2.45, 2.75) is 31.2 Å². The Balaban J connectivity index is 2.51. The second-order valence-electron chi connectivity index (χ2n) is 6.33. The van der Waals surface area contributed by atoms with E-state index in [0.717, 1.165) is 18.7 Å².